The fourth-order valence-corrected chi connectivity index (χ4v) is 4.38. The van der Waals surface area contributed by atoms with Gasteiger partial charge >= 0.3 is 0 Å². The number of hydrogen-bond donors (Lipinski definition) is 1. The molecule has 7 heteroatoms. The second-order valence-electron chi connectivity index (χ2n) is 5.45. The van der Waals surface area contributed by atoms with Gasteiger partial charge in [0.1, 0.15) is 0 Å². The van der Waals surface area contributed by atoms with Crippen LogP contribution in [0.3, 0.4) is 0 Å². The second-order valence-corrected chi connectivity index (χ2v) is 7.92. The summed E-state index contributed by atoms with van der Waals surface area (Å²) in [6.45, 7) is 1.65. The molecule has 122 valence electrons. The average Bonchev–Trinajstić information content (AvgIpc) is 3.09. The van der Waals surface area contributed by atoms with Crippen LogP contribution >= 0.6 is 11.3 Å². The van der Waals surface area contributed by atoms with Gasteiger partial charge in [0, 0.05) is 36.1 Å². The van der Waals surface area contributed by atoms with E-state index in [1.165, 1.54) is 5.41 Å². The highest BCUT2D eigenvalue weighted by molar-refractivity contribution is 7.92. The Morgan fingerprint density at radius 3 is 2.61 bits per heavy atom. The largest absolute Gasteiger partial charge is 0.348 e. The minimum atomic E-state index is -3.41. The highest BCUT2D eigenvalue weighted by atomic mass is 32.2. The van der Waals surface area contributed by atoms with E-state index in [0.717, 1.165) is 36.6 Å². The number of thiazole rings is 1. The lowest BCUT2D eigenvalue weighted by Gasteiger charge is -2.31. The Morgan fingerprint density at radius 2 is 1.96 bits per heavy atom. The number of nitrogens with zero attached hydrogens (tertiary/aromatic N) is 2. The van der Waals surface area contributed by atoms with E-state index in [-0.39, 0.29) is 6.04 Å². The van der Waals surface area contributed by atoms with E-state index in [1.54, 1.807) is 23.6 Å². The third-order valence-electron chi connectivity index (χ3n) is 3.75. The zero-order valence-corrected chi connectivity index (χ0v) is 14.3. The Bertz CT molecular complexity index is 735. The van der Waals surface area contributed by atoms with Gasteiger partial charge in [-0.25, -0.2) is 18.1 Å². The van der Waals surface area contributed by atoms with Crippen LogP contribution in [0.5, 0.6) is 0 Å². The van der Waals surface area contributed by atoms with Gasteiger partial charge in [-0.1, -0.05) is 30.3 Å². The first kappa shape index (κ1) is 16.2. The van der Waals surface area contributed by atoms with Crippen LogP contribution in [0.25, 0.3) is 6.08 Å². The van der Waals surface area contributed by atoms with Crippen molar-refractivity contribution in [2.45, 2.75) is 18.9 Å². The van der Waals surface area contributed by atoms with Crippen LogP contribution in [0, 0.1) is 0 Å². The summed E-state index contributed by atoms with van der Waals surface area (Å²) in [6, 6.07) is 9.40. The monoisotopic (exact) mass is 349 g/mol. The second kappa shape index (κ2) is 7.25. The summed E-state index contributed by atoms with van der Waals surface area (Å²) in [6.07, 6.45) is 4.99. The van der Waals surface area contributed by atoms with Gasteiger partial charge in [-0.15, -0.1) is 11.3 Å². The quantitative estimate of drug-likeness (QED) is 0.901. The molecule has 0 radical (unpaired) electrons. The van der Waals surface area contributed by atoms with Crippen molar-refractivity contribution in [3.8, 4) is 0 Å². The van der Waals surface area contributed by atoms with Crippen molar-refractivity contribution < 1.29 is 8.42 Å². The predicted molar refractivity (Wildman–Crippen MR) is 94.9 cm³/mol. The maximum Gasteiger partial charge on any atom is 0.233 e. The van der Waals surface area contributed by atoms with Gasteiger partial charge in [0.25, 0.3) is 0 Å². The molecule has 0 aliphatic carbocycles. The maximum absolute atomic E-state index is 12.2. The topological polar surface area (TPSA) is 62.3 Å². The van der Waals surface area contributed by atoms with Crippen LogP contribution in [-0.2, 0) is 10.0 Å². The molecule has 1 aromatic heterocycles. The third-order valence-corrected chi connectivity index (χ3v) is 5.74. The standard InChI is InChI=1S/C16H19N3O2S2/c20-23(21,13-8-14-4-2-1-3-5-14)18-15-6-10-19(11-7-15)16-17-9-12-22-16/h1-5,8-9,12-13,15,18H,6-7,10-11H2/b13-8+. The molecule has 1 fully saturated rings. The molecule has 0 spiro atoms. The Labute approximate surface area is 140 Å². The molecule has 1 aliphatic heterocycles. The number of anilines is 1. The summed E-state index contributed by atoms with van der Waals surface area (Å²) in [4.78, 5) is 6.50. The number of benzene rings is 1. The van der Waals surface area contributed by atoms with Crippen LogP contribution in [-0.4, -0.2) is 32.5 Å². The Kier molecular flexibility index (Phi) is 5.09. The minimum Gasteiger partial charge on any atom is -0.348 e. The average molecular weight is 349 g/mol. The summed E-state index contributed by atoms with van der Waals surface area (Å²) in [5, 5.41) is 4.21. The minimum absolute atomic E-state index is 0.0170. The summed E-state index contributed by atoms with van der Waals surface area (Å²) >= 11 is 1.61. The first-order valence-electron chi connectivity index (χ1n) is 7.52. The molecular formula is C16H19N3O2S2. The zero-order valence-electron chi connectivity index (χ0n) is 12.6. The molecule has 0 saturated carbocycles. The highest BCUT2D eigenvalue weighted by Gasteiger charge is 2.23. The van der Waals surface area contributed by atoms with E-state index in [1.807, 2.05) is 35.7 Å². The Hall–Kier alpha value is -1.70. The summed E-state index contributed by atoms with van der Waals surface area (Å²) in [7, 11) is -3.41. The molecule has 1 saturated heterocycles. The molecule has 0 unspecified atom stereocenters. The first-order valence-corrected chi connectivity index (χ1v) is 9.95. The lowest BCUT2D eigenvalue weighted by molar-refractivity contribution is 0.462. The van der Waals surface area contributed by atoms with Crippen molar-refractivity contribution in [1.29, 1.82) is 0 Å². The summed E-state index contributed by atoms with van der Waals surface area (Å²) in [5.74, 6) is 0. The van der Waals surface area contributed by atoms with E-state index in [0.29, 0.717) is 0 Å². The first-order chi connectivity index (χ1) is 11.1. The lowest BCUT2D eigenvalue weighted by atomic mass is 10.1. The van der Waals surface area contributed by atoms with Crippen molar-refractivity contribution >= 4 is 32.6 Å². The number of nitrogens with one attached hydrogen (secondary N) is 1. The molecular weight excluding hydrogens is 330 g/mol. The maximum atomic E-state index is 12.2. The van der Waals surface area contributed by atoms with Gasteiger partial charge in [-0.2, -0.15) is 0 Å². The zero-order chi connectivity index (χ0) is 16.1. The normalized spacial score (nSPS) is 17.0. The molecule has 2 aromatic rings. The number of rotatable bonds is 5. The van der Waals surface area contributed by atoms with Gasteiger partial charge in [0.2, 0.25) is 10.0 Å². The van der Waals surface area contributed by atoms with Crippen LogP contribution in [0.4, 0.5) is 5.13 Å². The fourth-order valence-electron chi connectivity index (χ4n) is 2.56. The van der Waals surface area contributed by atoms with Crippen LogP contribution in [0.1, 0.15) is 18.4 Å². The predicted octanol–water partition coefficient (Wildman–Crippen LogP) is 2.70. The number of piperidine rings is 1. The van der Waals surface area contributed by atoms with Gasteiger partial charge < -0.3 is 4.90 Å². The molecule has 0 bridgehead atoms. The molecule has 5 nitrogen and oxygen atoms in total. The highest BCUT2D eigenvalue weighted by Crippen LogP contribution is 2.22. The van der Waals surface area contributed by atoms with Gasteiger partial charge in [0.05, 0.1) is 0 Å². The van der Waals surface area contributed by atoms with Crippen LogP contribution in [0.15, 0.2) is 47.3 Å². The Morgan fingerprint density at radius 1 is 1.22 bits per heavy atom. The van der Waals surface area contributed by atoms with Crippen molar-refractivity contribution in [2.75, 3.05) is 18.0 Å². The van der Waals surface area contributed by atoms with E-state index < -0.39 is 10.0 Å². The Balaban J connectivity index is 1.54. The molecule has 1 N–H and O–H groups in total. The number of hydrogen-bond acceptors (Lipinski definition) is 5. The number of sulfonamides is 1. The van der Waals surface area contributed by atoms with Crippen molar-refractivity contribution in [3.63, 3.8) is 0 Å². The van der Waals surface area contributed by atoms with Crippen LogP contribution < -0.4 is 9.62 Å². The smallest absolute Gasteiger partial charge is 0.233 e. The molecule has 0 atom stereocenters. The van der Waals surface area contributed by atoms with E-state index >= 15 is 0 Å². The van der Waals surface area contributed by atoms with E-state index in [9.17, 15) is 8.42 Å². The molecule has 1 aromatic carbocycles. The fraction of sp³-hybridized carbons (Fsp3) is 0.312. The number of aromatic nitrogens is 1. The van der Waals surface area contributed by atoms with Crippen molar-refractivity contribution in [2.24, 2.45) is 0 Å². The SMILES string of the molecule is O=S(=O)(/C=C/c1ccccc1)NC1CCN(c2nccs2)CC1. The van der Waals surface area contributed by atoms with Crippen molar-refractivity contribution in [3.05, 3.63) is 52.9 Å². The van der Waals surface area contributed by atoms with Crippen molar-refractivity contribution in [1.82, 2.24) is 9.71 Å². The van der Waals surface area contributed by atoms with Gasteiger partial charge in [0.15, 0.2) is 5.13 Å². The van der Waals surface area contributed by atoms with Gasteiger partial charge in [-0.05, 0) is 24.5 Å². The van der Waals surface area contributed by atoms with Crippen LogP contribution in [0.2, 0.25) is 0 Å². The van der Waals surface area contributed by atoms with E-state index in [2.05, 4.69) is 14.6 Å². The molecule has 23 heavy (non-hydrogen) atoms. The molecule has 3 rings (SSSR count). The third kappa shape index (κ3) is 4.63. The molecule has 0 amide bonds. The van der Waals surface area contributed by atoms with Gasteiger partial charge in [-0.3, -0.25) is 0 Å². The summed E-state index contributed by atoms with van der Waals surface area (Å²) in [5.41, 5.74) is 0.872. The summed E-state index contributed by atoms with van der Waals surface area (Å²) < 4.78 is 27.1. The molecule has 2 heterocycles. The lowest BCUT2D eigenvalue weighted by Crippen LogP contribution is -2.44. The molecule has 1 aliphatic rings. The van der Waals surface area contributed by atoms with E-state index in [4.69, 9.17) is 0 Å².